The van der Waals surface area contributed by atoms with E-state index in [0.717, 1.165) is 18.0 Å². The first kappa shape index (κ1) is 8.70. The molecule has 1 aromatic rings. The largest absolute Gasteiger partial charge is 0.336 e. The van der Waals surface area contributed by atoms with Gasteiger partial charge in [0.1, 0.15) is 0 Å². The monoisotopic (exact) mass is 191 g/mol. The van der Waals surface area contributed by atoms with E-state index in [1.807, 2.05) is 0 Å². The Morgan fingerprint density at radius 1 is 1.38 bits per heavy atom. The Hall–Kier alpha value is -0.890. The van der Waals surface area contributed by atoms with E-state index in [-0.39, 0.29) is 0 Å². The molecular formula is C11H13NS. The Labute approximate surface area is 83.4 Å². The lowest BCUT2D eigenvalue weighted by Gasteiger charge is -2.18. The highest BCUT2D eigenvalue weighted by molar-refractivity contribution is 8.03. The Bertz CT molecular complexity index is 333. The minimum Gasteiger partial charge on any atom is -0.336 e. The fraction of sp³-hybridized carbons (Fsp3) is 0.273. The molecule has 0 N–H and O–H groups in total. The minimum atomic E-state index is 1.07. The standard InChI is InChI=1S/C11H13NS/c1-3-8-12-9(2)13-11-7-5-4-6-10(11)12/h4-7H,2-3,8H2,1H3. The van der Waals surface area contributed by atoms with Gasteiger partial charge in [-0.05, 0) is 18.6 Å². The van der Waals surface area contributed by atoms with Gasteiger partial charge in [0.2, 0.25) is 0 Å². The summed E-state index contributed by atoms with van der Waals surface area (Å²) in [5.74, 6) is 0. The van der Waals surface area contributed by atoms with Crippen molar-refractivity contribution in [3.63, 3.8) is 0 Å². The fourth-order valence-corrected chi connectivity index (χ4v) is 2.53. The summed E-state index contributed by atoms with van der Waals surface area (Å²) in [6, 6.07) is 8.48. The van der Waals surface area contributed by atoms with Crippen molar-refractivity contribution in [1.82, 2.24) is 0 Å². The average molecular weight is 191 g/mol. The van der Waals surface area contributed by atoms with Crippen molar-refractivity contribution in [2.24, 2.45) is 0 Å². The predicted octanol–water partition coefficient (Wildman–Crippen LogP) is 3.48. The smallest absolute Gasteiger partial charge is 0.0728 e. The molecule has 1 nitrogen and oxygen atoms in total. The van der Waals surface area contributed by atoms with Gasteiger partial charge in [-0.1, -0.05) is 37.4 Å². The van der Waals surface area contributed by atoms with Gasteiger partial charge >= 0.3 is 0 Å². The first-order valence-corrected chi connectivity index (χ1v) is 5.38. The van der Waals surface area contributed by atoms with Gasteiger partial charge in [0.25, 0.3) is 0 Å². The van der Waals surface area contributed by atoms with E-state index in [0.29, 0.717) is 0 Å². The molecule has 0 amide bonds. The second-order valence-corrected chi connectivity index (χ2v) is 4.23. The summed E-state index contributed by atoms with van der Waals surface area (Å²) in [7, 11) is 0. The second kappa shape index (κ2) is 3.46. The summed E-state index contributed by atoms with van der Waals surface area (Å²) < 4.78 is 0. The van der Waals surface area contributed by atoms with Crippen molar-refractivity contribution < 1.29 is 0 Å². The molecule has 0 saturated carbocycles. The van der Waals surface area contributed by atoms with Crippen LogP contribution in [0.1, 0.15) is 13.3 Å². The van der Waals surface area contributed by atoms with E-state index in [2.05, 4.69) is 42.7 Å². The molecule has 0 radical (unpaired) electrons. The molecule has 0 atom stereocenters. The number of fused-ring (bicyclic) bond motifs is 1. The van der Waals surface area contributed by atoms with Crippen LogP contribution >= 0.6 is 11.8 Å². The molecule has 1 heterocycles. The van der Waals surface area contributed by atoms with E-state index in [4.69, 9.17) is 0 Å². The number of anilines is 1. The highest BCUT2D eigenvalue weighted by Crippen LogP contribution is 2.44. The lowest BCUT2D eigenvalue weighted by atomic mass is 10.3. The molecule has 2 rings (SSSR count). The summed E-state index contributed by atoms with van der Waals surface area (Å²) in [6.07, 6.45) is 1.16. The zero-order valence-corrected chi connectivity index (χ0v) is 8.60. The number of hydrogen-bond acceptors (Lipinski definition) is 2. The van der Waals surface area contributed by atoms with Crippen molar-refractivity contribution in [2.45, 2.75) is 18.2 Å². The molecule has 0 unspecified atom stereocenters. The number of rotatable bonds is 2. The van der Waals surface area contributed by atoms with Gasteiger partial charge in [-0.2, -0.15) is 0 Å². The average Bonchev–Trinajstić information content (AvgIpc) is 2.44. The van der Waals surface area contributed by atoms with Crippen LogP contribution < -0.4 is 4.90 Å². The van der Waals surface area contributed by atoms with Crippen LogP contribution in [0.25, 0.3) is 0 Å². The summed E-state index contributed by atoms with van der Waals surface area (Å²) in [6.45, 7) is 7.32. The van der Waals surface area contributed by atoms with Crippen LogP contribution in [0.4, 0.5) is 5.69 Å². The lowest BCUT2D eigenvalue weighted by Crippen LogP contribution is -2.17. The third-order valence-corrected chi connectivity index (χ3v) is 3.15. The maximum Gasteiger partial charge on any atom is 0.0728 e. The van der Waals surface area contributed by atoms with Crippen LogP contribution in [0, 0.1) is 0 Å². The molecule has 1 aliphatic heterocycles. The number of hydrogen-bond donors (Lipinski definition) is 0. The molecule has 0 aromatic heterocycles. The van der Waals surface area contributed by atoms with Crippen molar-refractivity contribution >= 4 is 17.4 Å². The number of benzene rings is 1. The van der Waals surface area contributed by atoms with Gasteiger partial charge in [-0.15, -0.1) is 0 Å². The molecule has 0 bridgehead atoms. The summed E-state index contributed by atoms with van der Waals surface area (Å²) in [4.78, 5) is 3.63. The summed E-state index contributed by atoms with van der Waals surface area (Å²) in [5.41, 5.74) is 1.32. The topological polar surface area (TPSA) is 3.24 Å². The molecular weight excluding hydrogens is 178 g/mol. The first-order chi connectivity index (χ1) is 6.33. The molecule has 1 aromatic carbocycles. The van der Waals surface area contributed by atoms with Gasteiger partial charge in [-0.3, -0.25) is 0 Å². The van der Waals surface area contributed by atoms with Gasteiger partial charge < -0.3 is 4.90 Å². The van der Waals surface area contributed by atoms with Crippen molar-refractivity contribution in [3.05, 3.63) is 35.9 Å². The van der Waals surface area contributed by atoms with Crippen LogP contribution in [-0.4, -0.2) is 6.54 Å². The summed E-state index contributed by atoms with van der Waals surface area (Å²) >= 11 is 1.77. The molecule has 1 aliphatic rings. The third-order valence-electron chi connectivity index (χ3n) is 2.13. The van der Waals surface area contributed by atoms with E-state index in [1.54, 1.807) is 11.8 Å². The number of para-hydroxylation sites is 1. The maximum atomic E-state index is 4.06. The van der Waals surface area contributed by atoms with Crippen LogP contribution in [-0.2, 0) is 0 Å². The van der Waals surface area contributed by atoms with Crippen molar-refractivity contribution in [1.29, 1.82) is 0 Å². The zero-order valence-electron chi connectivity index (χ0n) is 7.79. The van der Waals surface area contributed by atoms with Crippen LogP contribution in [0.3, 0.4) is 0 Å². The molecule has 68 valence electrons. The Morgan fingerprint density at radius 2 is 2.15 bits per heavy atom. The minimum absolute atomic E-state index is 1.07. The molecule has 0 saturated heterocycles. The van der Waals surface area contributed by atoms with E-state index >= 15 is 0 Å². The van der Waals surface area contributed by atoms with Crippen molar-refractivity contribution in [3.8, 4) is 0 Å². The van der Waals surface area contributed by atoms with E-state index < -0.39 is 0 Å². The molecule has 0 fully saturated rings. The molecule has 0 spiro atoms. The molecule has 0 aliphatic carbocycles. The second-order valence-electron chi connectivity index (χ2n) is 3.12. The Balaban J connectivity index is 2.35. The van der Waals surface area contributed by atoms with Gasteiger partial charge in [0.15, 0.2) is 0 Å². The van der Waals surface area contributed by atoms with Gasteiger partial charge in [0.05, 0.1) is 10.7 Å². The normalized spacial score (nSPS) is 14.8. The van der Waals surface area contributed by atoms with Gasteiger partial charge in [-0.25, -0.2) is 0 Å². The van der Waals surface area contributed by atoms with Crippen LogP contribution in [0.2, 0.25) is 0 Å². The molecule has 2 heteroatoms. The van der Waals surface area contributed by atoms with E-state index in [9.17, 15) is 0 Å². The van der Waals surface area contributed by atoms with E-state index in [1.165, 1.54) is 10.6 Å². The highest BCUT2D eigenvalue weighted by Gasteiger charge is 2.21. The fourth-order valence-electron chi connectivity index (χ4n) is 1.55. The SMILES string of the molecule is C=C1Sc2ccccc2N1CCC. The number of thioether (sulfide) groups is 1. The quantitative estimate of drug-likeness (QED) is 0.704. The highest BCUT2D eigenvalue weighted by atomic mass is 32.2. The maximum absolute atomic E-state index is 4.06. The van der Waals surface area contributed by atoms with Crippen molar-refractivity contribution in [2.75, 3.05) is 11.4 Å². The van der Waals surface area contributed by atoms with Gasteiger partial charge in [0, 0.05) is 11.4 Å². The first-order valence-electron chi connectivity index (χ1n) is 4.56. The predicted molar refractivity (Wildman–Crippen MR) is 59.1 cm³/mol. The lowest BCUT2D eigenvalue weighted by molar-refractivity contribution is 0.875. The zero-order chi connectivity index (χ0) is 9.26. The Morgan fingerprint density at radius 3 is 2.92 bits per heavy atom. The molecule has 13 heavy (non-hydrogen) atoms. The summed E-state index contributed by atoms with van der Waals surface area (Å²) in [5, 5.41) is 1.16. The van der Waals surface area contributed by atoms with Crippen LogP contribution in [0.15, 0.2) is 40.8 Å². The Kier molecular flexibility index (Phi) is 2.32. The number of nitrogens with zero attached hydrogens (tertiary/aromatic N) is 1. The van der Waals surface area contributed by atoms with Crippen LogP contribution in [0.5, 0.6) is 0 Å². The third kappa shape index (κ3) is 1.46.